The molecule has 1 saturated carbocycles. The molecule has 0 aliphatic heterocycles. The van der Waals surface area contributed by atoms with E-state index in [0.717, 1.165) is 25.7 Å². The molecule has 8 nitrogen and oxygen atoms in total. The molecule has 1 atom stereocenters. The van der Waals surface area contributed by atoms with Crippen LogP contribution in [0.3, 0.4) is 0 Å². The van der Waals surface area contributed by atoms with Gasteiger partial charge in [0.1, 0.15) is 6.04 Å². The lowest BCUT2D eigenvalue weighted by molar-refractivity contribution is -0.147. The molecule has 8 heteroatoms. The summed E-state index contributed by atoms with van der Waals surface area (Å²) in [4.78, 5) is 44.5. The molecule has 0 aromatic carbocycles. The van der Waals surface area contributed by atoms with Crippen LogP contribution in [0.5, 0.6) is 0 Å². The van der Waals surface area contributed by atoms with Crippen molar-refractivity contribution in [3.63, 3.8) is 0 Å². The minimum Gasteiger partial charge on any atom is -0.481 e. The fourth-order valence-corrected chi connectivity index (χ4v) is 2.27. The summed E-state index contributed by atoms with van der Waals surface area (Å²) in [6.07, 6.45) is 3.02. The van der Waals surface area contributed by atoms with E-state index in [1.165, 1.54) is 0 Å². The van der Waals surface area contributed by atoms with Crippen molar-refractivity contribution in [1.82, 2.24) is 10.6 Å². The molecule has 118 valence electrons. The Morgan fingerprint density at radius 3 is 2.24 bits per heavy atom. The van der Waals surface area contributed by atoms with E-state index < -0.39 is 30.3 Å². The van der Waals surface area contributed by atoms with E-state index in [2.05, 4.69) is 10.6 Å². The molecule has 1 fully saturated rings. The lowest BCUT2D eigenvalue weighted by Gasteiger charge is -2.13. The molecule has 0 aromatic heterocycles. The number of aliphatic carboxylic acids is 2. The summed E-state index contributed by atoms with van der Waals surface area (Å²) >= 11 is 0. The van der Waals surface area contributed by atoms with Crippen LogP contribution in [0.1, 0.15) is 38.5 Å². The molecule has 0 spiro atoms. The van der Waals surface area contributed by atoms with E-state index in [0.29, 0.717) is 0 Å². The summed E-state index contributed by atoms with van der Waals surface area (Å²) in [7, 11) is 0. The van der Waals surface area contributed by atoms with Crippen molar-refractivity contribution in [2.24, 2.45) is 5.92 Å². The third-order valence-electron chi connectivity index (χ3n) is 3.39. The Kier molecular flexibility index (Phi) is 6.64. The summed E-state index contributed by atoms with van der Waals surface area (Å²) in [5.74, 6) is -3.39. The van der Waals surface area contributed by atoms with Gasteiger partial charge in [-0.15, -0.1) is 0 Å². The first-order chi connectivity index (χ1) is 9.90. The quantitative estimate of drug-likeness (QED) is 0.487. The normalized spacial score (nSPS) is 16.2. The van der Waals surface area contributed by atoms with Crippen LogP contribution in [0.2, 0.25) is 0 Å². The molecule has 0 heterocycles. The van der Waals surface area contributed by atoms with E-state index in [4.69, 9.17) is 10.2 Å². The van der Waals surface area contributed by atoms with E-state index in [9.17, 15) is 19.2 Å². The summed E-state index contributed by atoms with van der Waals surface area (Å²) in [5, 5.41) is 22.1. The number of hydrogen-bond acceptors (Lipinski definition) is 4. The molecule has 1 rings (SSSR count). The second-order valence-electron chi connectivity index (χ2n) is 5.08. The fourth-order valence-electron chi connectivity index (χ4n) is 2.27. The van der Waals surface area contributed by atoms with Crippen molar-refractivity contribution < 1.29 is 29.4 Å². The Bertz CT molecular complexity index is 417. The van der Waals surface area contributed by atoms with Crippen molar-refractivity contribution in [3.05, 3.63) is 0 Å². The number of carboxylic acids is 2. The molecule has 21 heavy (non-hydrogen) atoms. The highest BCUT2D eigenvalue weighted by atomic mass is 16.4. The first kappa shape index (κ1) is 16.9. The van der Waals surface area contributed by atoms with Crippen LogP contribution in [0.15, 0.2) is 0 Å². The van der Waals surface area contributed by atoms with Gasteiger partial charge in [-0.1, -0.05) is 12.8 Å². The van der Waals surface area contributed by atoms with Crippen LogP contribution in [0, 0.1) is 5.92 Å². The third kappa shape index (κ3) is 6.24. The molecule has 1 aliphatic rings. The summed E-state index contributed by atoms with van der Waals surface area (Å²) in [6.45, 7) is 0.112. The number of carbonyl (C=O) groups is 4. The van der Waals surface area contributed by atoms with Gasteiger partial charge in [0.05, 0.1) is 6.42 Å². The van der Waals surface area contributed by atoms with Gasteiger partial charge < -0.3 is 20.8 Å². The molecule has 0 radical (unpaired) electrons. The van der Waals surface area contributed by atoms with Gasteiger partial charge in [0.25, 0.3) is 0 Å². The summed E-state index contributed by atoms with van der Waals surface area (Å²) < 4.78 is 0. The molecule has 0 bridgehead atoms. The smallest absolute Gasteiger partial charge is 0.326 e. The average molecular weight is 300 g/mol. The molecule has 1 aliphatic carbocycles. The number of carbonyl (C=O) groups excluding carboxylic acids is 2. The topological polar surface area (TPSA) is 133 Å². The van der Waals surface area contributed by atoms with Gasteiger partial charge in [-0.2, -0.15) is 0 Å². The van der Waals surface area contributed by atoms with Crippen LogP contribution in [0.25, 0.3) is 0 Å². The maximum atomic E-state index is 11.7. The Morgan fingerprint density at radius 2 is 1.71 bits per heavy atom. The minimum absolute atomic E-state index is 0.00633. The number of nitrogens with one attached hydrogen (secondary N) is 2. The standard InChI is InChI=1S/C13H20N2O6/c16-10(15-9(13(20)21)7-11(17)18)5-6-14-12(19)8-3-1-2-4-8/h8-9H,1-7H2,(H,14,19)(H,15,16)(H,17,18)(H,20,21). The molecule has 0 saturated heterocycles. The van der Waals surface area contributed by atoms with Crippen LogP contribution >= 0.6 is 0 Å². The zero-order valence-electron chi connectivity index (χ0n) is 11.6. The largest absolute Gasteiger partial charge is 0.481 e. The highest BCUT2D eigenvalue weighted by Gasteiger charge is 2.24. The lowest BCUT2D eigenvalue weighted by Crippen LogP contribution is -2.43. The van der Waals surface area contributed by atoms with Crippen LogP contribution < -0.4 is 10.6 Å². The van der Waals surface area contributed by atoms with Gasteiger partial charge in [-0.05, 0) is 12.8 Å². The van der Waals surface area contributed by atoms with Crippen LogP contribution in [-0.4, -0.2) is 46.6 Å². The molecular formula is C13H20N2O6. The van der Waals surface area contributed by atoms with Gasteiger partial charge in [-0.25, -0.2) is 4.79 Å². The molecule has 2 amide bonds. The Hall–Kier alpha value is -2.12. The zero-order valence-corrected chi connectivity index (χ0v) is 11.6. The maximum absolute atomic E-state index is 11.7. The predicted molar refractivity (Wildman–Crippen MR) is 71.4 cm³/mol. The second-order valence-corrected chi connectivity index (χ2v) is 5.08. The van der Waals surface area contributed by atoms with Crippen LogP contribution in [0.4, 0.5) is 0 Å². The molecular weight excluding hydrogens is 280 g/mol. The molecule has 1 unspecified atom stereocenters. The molecule has 0 aromatic rings. The first-order valence-corrected chi connectivity index (χ1v) is 6.92. The van der Waals surface area contributed by atoms with Crippen molar-refractivity contribution in [2.45, 2.75) is 44.6 Å². The van der Waals surface area contributed by atoms with Crippen molar-refractivity contribution in [3.8, 4) is 0 Å². The SMILES string of the molecule is O=C(O)CC(NC(=O)CCNC(=O)C1CCCC1)C(=O)O. The highest BCUT2D eigenvalue weighted by Crippen LogP contribution is 2.24. The first-order valence-electron chi connectivity index (χ1n) is 6.92. The number of carboxylic acid groups (broad SMARTS) is 2. The van der Waals surface area contributed by atoms with E-state index in [-0.39, 0.29) is 24.8 Å². The predicted octanol–water partition coefficient (Wildman–Crippen LogP) is -0.273. The Morgan fingerprint density at radius 1 is 1.10 bits per heavy atom. The van der Waals surface area contributed by atoms with Gasteiger partial charge in [-0.3, -0.25) is 14.4 Å². The monoisotopic (exact) mass is 300 g/mol. The number of amides is 2. The number of rotatable bonds is 8. The lowest BCUT2D eigenvalue weighted by atomic mass is 10.1. The van der Waals surface area contributed by atoms with Crippen molar-refractivity contribution in [1.29, 1.82) is 0 Å². The van der Waals surface area contributed by atoms with Crippen LogP contribution in [-0.2, 0) is 19.2 Å². The number of hydrogen-bond donors (Lipinski definition) is 4. The van der Waals surface area contributed by atoms with E-state index >= 15 is 0 Å². The van der Waals surface area contributed by atoms with E-state index in [1.807, 2.05) is 0 Å². The summed E-state index contributed by atoms with van der Waals surface area (Å²) in [5.41, 5.74) is 0. The Balaban J connectivity index is 2.27. The average Bonchev–Trinajstić information content (AvgIpc) is 2.91. The highest BCUT2D eigenvalue weighted by molar-refractivity contribution is 5.87. The van der Waals surface area contributed by atoms with Crippen molar-refractivity contribution in [2.75, 3.05) is 6.54 Å². The minimum atomic E-state index is -1.46. The fraction of sp³-hybridized carbons (Fsp3) is 0.692. The molecule has 4 N–H and O–H groups in total. The second kappa shape index (κ2) is 8.23. The Labute approximate surface area is 121 Å². The van der Waals surface area contributed by atoms with Gasteiger partial charge >= 0.3 is 11.9 Å². The van der Waals surface area contributed by atoms with Crippen molar-refractivity contribution >= 4 is 23.8 Å². The maximum Gasteiger partial charge on any atom is 0.326 e. The zero-order chi connectivity index (χ0) is 15.8. The van der Waals surface area contributed by atoms with Gasteiger partial charge in [0, 0.05) is 18.9 Å². The third-order valence-corrected chi connectivity index (χ3v) is 3.39. The van der Waals surface area contributed by atoms with Gasteiger partial charge in [0.2, 0.25) is 11.8 Å². The van der Waals surface area contributed by atoms with E-state index in [1.54, 1.807) is 0 Å². The summed E-state index contributed by atoms with van der Waals surface area (Å²) in [6, 6.07) is -1.46. The van der Waals surface area contributed by atoms with Gasteiger partial charge in [0.15, 0.2) is 0 Å².